The summed E-state index contributed by atoms with van der Waals surface area (Å²) < 4.78 is 2.01. The maximum absolute atomic E-state index is 14.0. The third-order valence-electron chi connectivity index (χ3n) is 10.1. The molecule has 0 amide bonds. The van der Waals surface area contributed by atoms with Gasteiger partial charge in [-0.25, -0.2) is 4.98 Å². The molecule has 7 atom stereocenters. The van der Waals surface area contributed by atoms with Gasteiger partial charge in [-0.15, -0.1) is 0 Å². The van der Waals surface area contributed by atoms with Gasteiger partial charge in [0.05, 0.1) is 29.1 Å². The third kappa shape index (κ3) is 4.06. The fourth-order valence-corrected chi connectivity index (χ4v) is 8.55. The van der Waals surface area contributed by atoms with Crippen LogP contribution in [-0.4, -0.2) is 42.5 Å². The van der Waals surface area contributed by atoms with E-state index in [-0.39, 0.29) is 22.9 Å². The number of hydrogen-bond donors (Lipinski definition) is 1. The van der Waals surface area contributed by atoms with Gasteiger partial charge in [0.25, 0.3) is 11.1 Å². The molecule has 3 aromatic rings. The van der Waals surface area contributed by atoms with Gasteiger partial charge in [0.2, 0.25) is 0 Å². The van der Waals surface area contributed by atoms with Gasteiger partial charge >= 0.3 is 0 Å². The molecule has 4 aliphatic rings. The van der Waals surface area contributed by atoms with E-state index in [0.717, 1.165) is 35.7 Å². The Morgan fingerprint density at radius 3 is 2.49 bits per heavy atom. The van der Waals surface area contributed by atoms with E-state index >= 15 is 0 Å². The van der Waals surface area contributed by atoms with Gasteiger partial charge in [-0.2, -0.15) is 0 Å². The van der Waals surface area contributed by atoms with E-state index in [1.165, 1.54) is 63.8 Å². The second kappa shape index (κ2) is 9.19. The van der Waals surface area contributed by atoms with E-state index in [4.69, 9.17) is 4.98 Å². The number of piperidine rings is 2. The first-order valence-electron chi connectivity index (χ1n) is 14.4. The number of hydrogen-bond acceptors (Lipinski definition) is 5. The molecule has 0 radical (unpaired) electrons. The largest absolute Gasteiger partial charge is 0.318 e. The van der Waals surface area contributed by atoms with Crippen LogP contribution in [0.4, 0.5) is 0 Å². The molecule has 2 saturated heterocycles. The van der Waals surface area contributed by atoms with Crippen LogP contribution in [0.15, 0.2) is 46.2 Å². The standard InChI is InChI=1S/C30H37N5O2/c1-18-9-10-21-14-23(15-27(18)34(21)22-12-19-5-4-6-20(11-19)13-22)35-26-8-3-2-7-24(26)33-29(30(35)37)25-16-31-17-28(36)32-25/h2-3,7-8,16-23,27H,4-6,9-15H2,1H3,(H,32,36)/t18-,19-,20+,21+,22+,23-,27+/m0/s1. The number of benzene rings is 1. The van der Waals surface area contributed by atoms with Gasteiger partial charge in [0.15, 0.2) is 5.69 Å². The van der Waals surface area contributed by atoms with Gasteiger partial charge < -0.3 is 9.55 Å². The maximum Gasteiger partial charge on any atom is 0.279 e. The highest BCUT2D eigenvalue weighted by Crippen LogP contribution is 2.48. The summed E-state index contributed by atoms with van der Waals surface area (Å²) in [5, 5.41) is 0. The summed E-state index contributed by atoms with van der Waals surface area (Å²) in [6, 6.07) is 9.82. The fourth-order valence-electron chi connectivity index (χ4n) is 8.55. The molecule has 7 heteroatoms. The molecule has 4 bridgehead atoms. The Hall–Kier alpha value is -2.80. The highest BCUT2D eigenvalue weighted by Gasteiger charge is 2.47. The predicted octanol–water partition coefficient (Wildman–Crippen LogP) is 4.92. The van der Waals surface area contributed by atoms with Gasteiger partial charge in [-0.1, -0.05) is 38.3 Å². The lowest BCUT2D eigenvalue weighted by Crippen LogP contribution is -2.61. The second-order valence-corrected chi connectivity index (χ2v) is 12.3. The Kier molecular flexibility index (Phi) is 5.79. The smallest absolute Gasteiger partial charge is 0.279 e. The van der Waals surface area contributed by atoms with Crippen LogP contribution in [0, 0.1) is 17.8 Å². The van der Waals surface area contributed by atoms with E-state index < -0.39 is 0 Å². The van der Waals surface area contributed by atoms with E-state index in [9.17, 15) is 9.59 Å². The first-order chi connectivity index (χ1) is 18.0. The van der Waals surface area contributed by atoms with Crippen LogP contribution >= 0.6 is 0 Å². The van der Waals surface area contributed by atoms with Crippen molar-refractivity contribution in [3.05, 3.63) is 57.4 Å². The molecule has 0 spiro atoms. The highest BCUT2D eigenvalue weighted by atomic mass is 16.1. The molecule has 2 aromatic heterocycles. The molecule has 7 rings (SSSR count). The summed E-state index contributed by atoms with van der Waals surface area (Å²) in [7, 11) is 0. The molecule has 7 nitrogen and oxygen atoms in total. The molecule has 1 N–H and O–H groups in total. The zero-order valence-electron chi connectivity index (χ0n) is 21.7. The first kappa shape index (κ1) is 23.3. The quantitative estimate of drug-likeness (QED) is 0.553. The number of aromatic amines is 1. The topological polar surface area (TPSA) is 83.9 Å². The zero-order valence-corrected chi connectivity index (χ0v) is 21.7. The summed E-state index contributed by atoms with van der Waals surface area (Å²) in [5.74, 6) is 2.48. The monoisotopic (exact) mass is 499 g/mol. The number of nitrogens with one attached hydrogen (secondary N) is 1. The van der Waals surface area contributed by atoms with E-state index in [0.29, 0.717) is 29.7 Å². The summed E-state index contributed by atoms with van der Waals surface area (Å²) in [6.45, 7) is 2.43. The van der Waals surface area contributed by atoms with Crippen molar-refractivity contribution >= 4 is 11.0 Å². The summed E-state index contributed by atoms with van der Waals surface area (Å²) in [4.78, 5) is 40.5. The normalized spacial score (nSPS) is 33.9. The van der Waals surface area contributed by atoms with Crippen molar-refractivity contribution in [3.63, 3.8) is 0 Å². The number of rotatable bonds is 3. The van der Waals surface area contributed by atoms with Crippen LogP contribution in [0.25, 0.3) is 22.4 Å². The van der Waals surface area contributed by atoms with E-state index in [1.807, 2.05) is 28.8 Å². The number of H-pyrrole nitrogens is 1. The zero-order chi connectivity index (χ0) is 25.1. The molecular formula is C30H37N5O2. The molecule has 194 valence electrons. The van der Waals surface area contributed by atoms with Crippen molar-refractivity contribution in [2.24, 2.45) is 17.8 Å². The SMILES string of the molecule is C[C@H]1CC[C@@H]2C[C@H](n3c(=O)c(-c4cncc(=O)[nH]4)nc4ccccc43)C[C@H]1N2[C@H]1C[C@@H]2CCC[C@@H](C2)C1. The molecule has 4 heterocycles. The second-order valence-electron chi connectivity index (χ2n) is 12.3. The molecule has 2 saturated carbocycles. The van der Waals surface area contributed by atoms with Crippen molar-refractivity contribution in [1.82, 2.24) is 24.4 Å². The van der Waals surface area contributed by atoms with Crippen LogP contribution in [0.2, 0.25) is 0 Å². The highest BCUT2D eigenvalue weighted by molar-refractivity contribution is 5.77. The molecule has 1 aromatic carbocycles. The van der Waals surface area contributed by atoms with Crippen LogP contribution < -0.4 is 11.1 Å². The molecule has 0 unspecified atom stereocenters. The van der Waals surface area contributed by atoms with Crippen LogP contribution in [0.1, 0.15) is 77.2 Å². The lowest BCUT2D eigenvalue weighted by atomic mass is 9.67. The van der Waals surface area contributed by atoms with Gasteiger partial charge in [-0.3, -0.25) is 19.5 Å². The Morgan fingerprint density at radius 1 is 0.865 bits per heavy atom. The average Bonchev–Trinajstić information content (AvgIpc) is 2.90. The van der Waals surface area contributed by atoms with E-state index in [1.54, 1.807) is 0 Å². The molecular weight excluding hydrogens is 462 g/mol. The summed E-state index contributed by atoms with van der Waals surface area (Å²) in [6.07, 6.45) is 15.7. The minimum Gasteiger partial charge on any atom is -0.318 e. The van der Waals surface area contributed by atoms with Crippen LogP contribution in [0.5, 0.6) is 0 Å². The Bertz CT molecular complexity index is 1420. The van der Waals surface area contributed by atoms with Crippen molar-refractivity contribution in [3.8, 4) is 11.4 Å². The predicted molar refractivity (Wildman–Crippen MR) is 144 cm³/mol. The first-order valence-corrected chi connectivity index (χ1v) is 14.4. The van der Waals surface area contributed by atoms with Crippen LogP contribution in [0.3, 0.4) is 0 Å². The molecule has 2 aliphatic heterocycles. The summed E-state index contributed by atoms with van der Waals surface area (Å²) in [5.41, 5.74) is 1.88. The number of para-hydroxylation sites is 2. The lowest BCUT2D eigenvalue weighted by molar-refractivity contribution is -0.0693. The van der Waals surface area contributed by atoms with Gasteiger partial charge in [0.1, 0.15) is 0 Å². The van der Waals surface area contributed by atoms with Crippen molar-refractivity contribution in [2.45, 2.75) is 95.3 Å². The Morgan fingerprint density at radius 2 is 1.68 bits per heavy atom. The van der Waals surface area contributed by atoms with Crippen LogP contribution in [-0.2, 0) is 0 Å². The number of fused-ring (bicyclic) bond motifs is 5. The lowest BCUT2D eigenvalue weighted by Gasteiger charge is -2.57. The van der Waals surface area contributed by atoms with Crippen molar-refractivity contribution in [2.75, 3.05) is 0 Å². The van der Waals surface area contributed by atoms with Crippen molar-refractivity contribution < 1.29 is 0 Å². The third-order valence-corrected chi connectivity index (χ3v) is 10.1. The average molecular weight is 500 g/mol. The summed E-state index contributed by atoms with van der Waals surface area (Å²) >= 11 is 0. The van der Waals surface area contributed by atoms with Crippen molar-refractivity contribution in [1.29, 1.82) is 0 Å². The molecule has 2 aliphatic carbocycles. The molecule has 4 fully saturated rings. The van der Waals surface area contributed by atoms with E-state index in [2.05, 4.69) is 21.8 Å². The number of aromatic nitrogens is 4. The van der Waals surface area contributed by atoms with Gasteiger partial charge in [0, 0.05) is 24.2 Å². The van der Waals surface area contributed by atoms with Gasteiger partial charge in [-0.05, 0) is 74.8 Å². The Balaban J connectivity index is 1.28. The number of nitrogens with zero attached hydrogens (tertiary/aromatic N) is 4. The minimum absolute atomic E-state index is 0.125. The Labute approximate surface area is 217 Å². The molecule has 37 heavy (non-hydrogen) atoms. The minimum atomic E-state index is -0.327. The maximum atomic E-state index is 14.0. The fraction of sp³-hybridized carbons (Fsp3) is 0.600.